The molecule has 1 aromatic rings. The van der Waals surface area contributed by atoms with Gasteiger partial charge in [0.05, 0.1) is 17.8 Å². The Morgan fingerprint density at radius 1 is 1.50 bits per heavy atom. The number of carbonyl (C=O) groups excluding carboxylic acids is 1. The van der Waals surface area contributed by atoms with Gasteiger partial charge in [0.2, 0.25) is 0 Å². The first kappa shape index (κ1) is 11.6. The average molecular weight is 287 g/mol. The van der Waals surface area contributed by atoms with E-state index in [9.17, 15) is 4.79 Å². The lowest BCUT2D eigenvalue weighted by Crippen LogP contribution is -2.44. The fourth-order valence-electron chi connectivity index (χ4n) is 2.39. The Kier molecular flexibility index (Phi) is 3.33. The second-order valence-electron chi connectivity index (χ2n) is 4.19. The van der Waals surface area contributed by atoms with Crippen LogP contribution in [0.4, 0.5) is 0 Å². The fraction of sp³-hybridized carbons (Fsp3) is 0.636. The van der Waals surface area contributed by atoms with Gasteiger partial charge in [-0.1, -0.05) is 19.3 Å². The quantitative estimate of drug-likeness (QED) is 0.785. The van der Waals surface area contributed by atoms with Crippen molar-refractivity contribution in [3.05, 3.63) is 16.9 Å². The van der Waals surface area contributed by atoms with Crippen molar-refractivity contribution >= 4 is 21.9 Å². The summed E-state index contributed by atoms with van der Waals surface area (Å²) in [5, 5.41) is 4.25. The summed E-state index contributed by atoms with van der Waals surface area (Å²) in [6.45, 7) is 0. The molecule has 0 unspecified atom stereocenters. The van der Waals surface area contributed by atoms with E-state index in [1.165, 1.54) is 13.5 Å². The van der Waals surface area contributed by atoms with E-state index in [4.69, 9.17) is 4.74 Å². The zero-order valence-corrected chi connectivity index (χ0v) is 10.9. The van der Waals surface area contributed by atoms with Crippen LogP contribution < -0.4 is 0 Å². The summed E-state index contributed by atoms with van der Waals surface area (Å²) in [5.41, 5.74) is -0.584. The summed E-state index contributed by atoms with van der Waals surface area (Å²) in [5.74, 6) is -0.178. The molecule has 0 amide bonds. The van der Waals surface area contributed by atoms with E-state index >= 15 is 0 Å². The van der Waals surface area contributed by atoms with Gasteiger partial charge < -0.3 is 4.74 Å². The van der Waals surface area contributed by atoms with Crippen LogP contribution >= 0.6 is 15.9 Å². The molecule has 2 rings (SSSR count). The van der Waals surface area contributed by atoms with Gasteiger partial charge in [0.15, 0.2) is 5.54 Å². The van der Waals surface area contributed by atoms with E-state index < -0.39 is 5.54 Å². The van der Waals surface area contributed by atoms with Crippen LogP contribution in [0.3, 0.4) is 0 Å². The fourth-order valence-corrected chi connectivity index (χ4v) is 2.67. The maximum Gasteiger partial charge on any atom is 0.333 e. The maximum absolute atomic E-state index is 12.0. The molecule has 16 heavy (non-hydrogen) atoms. The molecule has 0 aromatic carbocycles. The van der Waals surface area contributed by atoms with Gasteiger partial charge in [-0.15, -0.1) is 0 Å². The van der Waals surface area contributed by atoms with Gasteiger partial charge in [-0.3, -0.25) is 4.68 Å². The molecule has 1 aromatic heterocycles. The third-order valence-corrected chi connectivity index (χ3v) is 3.65. The normalized spacial score (nSPS) is 19.4. The first-order chi connectivity index (χ1) is 7.69. The summed E-state index contributed by atoms with van der Waals surface area (Å²) < 4.78 is 7.58. The topological polar surface area (TPSA) is 44.1 Å². The van der Waals surface area contributed by atoms with Crippen LogP contribution in [0.15, 0.2) is 16.9 Å². The molecule has 0 N–H and O–H groups in total. The lowest BCUT2D eigenvalue weighted by Gasteiger charge is -2.34. The average Bonchev–Trinajstić information content (AvgIpc) is 2.76. The van der Waals surface area contributed by atoms with Crippen molar-refractivity contribution in [2.75, 3.05) is 7.11 Å². The Bertz CT molecular complexity index is 383. The second-order valence-corrected chi connectivity index (χ2v) is 5.10. The van der Waals surface area contributed by atoms with Crippen LogP contribution in [0, 0.1) is 0 Å². The lowest BCUT2D eigenvalue weighted by molar-refractivity contribution is -0.154. The number of halogens is 1. The molecular weight excluding hydrogens is 272 g/mol. The third kappa shape index (κ3) is 1.88. The molecule has 1 aliphatic rings. The van der Waals surface area contributed by atoms with Gasteiger partial charge in [-0.2, -0.15) is 5.10 Å². The standard InChI is InChI=1S/C11H15BrN2O2/c1-16-10(15)11(5-3-2-4-6-11)14-8-9(12)7-13-14/h7-8H,2-6H2,1H3. The molecule has 5 heteroatoms. The SMILES string of the molecule is COC(=O)C1(n2cc(Br)cn2)CCCCC1. The number of nitrogens with zero attached hydrogens (tertiary/aromatic N) is 2. The molecular formula is C11H15BrN2O2. The molecule has 0 spiro atoms. The molecule has 0 atom stereocenters. The number of esters is 1. The number of aromatic nitrogens is 2. The first-order valence-corrected chi connectivity index (χ1v) is 6.27. The highest BCUT2D eigenvalue weighted by molar-refractivity contribution is 9.10. The summed E-state index contributed by atoms with van der Waals surface area (Å²) in [6, 6.07) is 0. The first-order valence-electron chi connectivity index (χ1n) is 5.48. The summed E-state index contributed by atoms with van der Waals surface area (Å²) in [7, 11) is 1.44. The molecule has 0 aliphatic heterocycles. The highest BCUT2D eigenvalue weighted by Gasteiger charge is 2.43. The van der Waals surface area contributed by atoms with Gasteiger partial charge in [0.25, 0.3) is 0 Å². The molecule has 88 valence electrons. The van der Waals surface area contributed by atoms with E-state index in [2.05, 4.69) is 21.0 Å². The molecule has 1 saturated carbocycles. The van der Waals surface area contributed by atoms with Crippen LogP contribution in [0.5, 0.6) is 0 Å². The van der Waals surface area contributed by atoms with Gasteiger partial charge >= 0.3 is 5.97 Å². The van der Waals surface area contributed by atoms with Crippen molar-refractivity contribution in [1.82, 2.24) is 9.78 Å². The summed E-state index contributed by atoms with van der Waals surface area (Å²) in [4.78, 5) is 12.0. The Hall–Kier alpha value is -0.840. The Morgan fingerprint density at radius 2 is 2.19 bits per heavy atom. The monoisotopic (exact) mass is 286 g/mol. The van der Waals surface area contributed by atoms with Crippen LogP contribution in [0.25, 0.3) is 0 Å². The van der Waals surface area contributed by atoms with E-state index in [-0.39, 0.29) is 5.97 Å². The predicted octanol–water partition coefficient (Wildman–Crippen LogP) is 2.48. The van der Waals surface area contributed by atoms with Crippen molar-refractivity contribution in [1.29, 1.82) is 0 Å². The Morgan fingerprint density at radius 3 is 2.69 bits per heavy atom. The zero-order chi connectivity index (χ0) is 11.6. The van der Waals surface area contributed by atoms with E-state index in [0.717, 1.165) is 30.2 Å². The van der Waals surface area contributed by atoms with Crippen molar-refractivity contribution in [2.24, 2.45) is 0 Å². The minimum Gasteiger partial charge on any atom is -0.467 e. The minimum absolute atomic E-state index is 0.178. The highest BCUT2D eigenvalue weighted by Crippen LogP contribution is 2.36. The number of rotatable bonds is 2. The van der Waals surface area contributed by atoms with Crippen molar-refractivity contribution in [3.63, 3.8) is 0 Å². The van der Waals surface area contributed by atoms with Gasteiger partial charge in [0, 0.05) is 6.20 Å². The largest absolute Gasteiger partial charge is 0.467 e. The molecule has 1 heterocycles. The smallest absolute Gasteiger partial charge is 0.333 e. The molecule has 0 saturated heterocycles. The number of methoxy groups -OCH3 is 1. The van der Waals surface area contributed by atoms with Gasteiger partial charge in [0.1, 0.15) is 0 Å². The van der Waals surface area contributed by atoms with Crippen molar-refractivity contribution < 1.29 is 9.53 Å². The molecule has 1 fully saturated rings. The molecule has 4 nitrogen and oxygen atoms in total. The summed E-state index contributed by atoms with van der Waals surface area (Å²) in [6.07, 6.45) is 8.46. The molecule has 0 radical (unpaired) electrons. The summed E-state index contributed by atoms with van der Waals surface area (Å²) >= 11 is 3.36. The van der Waals surface area contributed by atoms with Crippen molar-refractivity contribution in [3.8, 4) is 0 Å². The zero-order valence-electron chi connectivity index (χ0n) is 9.28. The minimum atomic E-state index is -0.584. The van der Waals surface area contributed by atoms with Crippen LogP contribution in [0.2, 0.25) is 0 Å². The molecule has 1 aliphatic carbocycles. The Balaban J connectivity index is 2.37. The highest BCUT2D eigenvalue weighted by atomic mass is 79.9. The lowest BCUT2D eigenvalue weighted by atomic mass is 9.82. The number of carbonyl (C=O) groups is 1. The van der Waals surface area contributed by atoms with E-state index in [0.29, 0.717) is 0 Å². The van der Waals surface area contributed by atoms with Gasteiger partial charge in [-0.05, 0) is 28.8 Å². The van der Waals surface area contributed by atoms with Crippen LogP contribution in [-0.4, -0.2) is 22.9 Å². The van der Waals surface area contributed by atoms with Crippen molar-refractivity contribution in [2.45, 2.75) is 37.6 Å². The Labute approximate surface area is 103 Å². The van der Waals surface area contributed by atoms with Crippen LogP contribution in [-0.2, 0) is 15.1 Å². The number of hydrogen-bond donors (Lipinski definition) is 0. The van der Waals surface area contributed by atoms with E-state index in [1.54, 1.807) is 10.9 Å². The van der Waals surface area contributed by atoms with E-state index in [1.807, 2.05) is 6.20 Å². The number of hydrogen-bond acceptors (Lipinski definition) is 3. The predicted molar refractivity (Wildman–Crippen MR) is 63.0 cm³/mol. The van der Waals surface area contributed by atoms with Crippen LogP contribution in [0.1, 0.15) is 32.1 Å². The van der Waals surface area contributed by atoms with Gasteiger partial charge in [-0.25, -0.2) is 4.79 Å². The number of ether oxygens (including phenoxy) is 1. The molecule has 0 bridgehead atoms. The second kappa shape index (κ2) is 4.57. The maximum atomic E-state index is 12.0. The third-order valence-electron chi connectivity index (χ3n) is 3.24.